The van der Waals surface area contributed by atoms with Crippen molar-refractivity contribution in [2.75, 3.05) is 0 Å². The fraction of sp³-hybridized carbons (Fsp3) is 0.167. The fourth-order valence-electron chi connectivity index (χ4n) is 1.54. The van der Waals surface area contributed by atoms with Crippen LogP contribution in [0.4, 0.5) is 0 Å². The first-order valence-electron chi connectivity index (χ1n) is 4.51. The molecule has 1 aliphatic rings. The predicted octanol–water partition coefficient (Wildman–Crippen LogP) is 4.20. The normalized spacial score (nSPS) is 19.1. The van der Waals surface area contributed by atoms with E-state index in [4.69, 9.17) is 23.2 Å². The van der Waals surface area contributed by atoms with E-state index in [0.29, 0.717) is 6.42 Å². The largest absolute Gasteiger partial charge is 0.147 e. The van der Waals surface area contributed by atoms with Crippen molar-refractivity contribution in [2.24, 2.45) is 0 Å². The van der Waals surface area contributed by atoms with Gasteiger partial charge in [-0.1, -0.05) is 71.8 Å². The third-order valence-electron chi connectivity index (χ3n) is 2.25. The molecule has 0 amide bonds. The molecular formula is C12H10Cl2. The van der Waals surface area contributed by atoms with E-state index < -0.39 is 4.33 Å². The van der Waals surface area contributed by atoms with E-state index in [1.54, 1.807) is 0 Å². The third kappa shape index (κ3) is 1.87. The summed E-state index contributed by atoms with van der Waals surface area (Å²) in [4.78, 5) is 0. The van der Waals surface area contributed by atoms with Gasteiger partial charge in [0.25, 0.3) is 0 Å². The van der Waals surface area contributed by atoms with Crippen LogP contribution in [0.15, 0.2) is 48.6 Å². The zero-order chi connectivity index (χ0) is 10.0. The summed E-state index contributed by atoms with van der Waals surface area (Å²) in [7, 11) is 0. The number of hydrogen-bond donors (Lipinski definition) is 0. The lowest BCUT2D eigenvalue weighted by atomic mass is 9.96. The molecule has 0 aromatic heterocycles. The lowest BCUT2D eigenvalue weighted by molar-refractivity contribution is 0.981. The van der Waals surface area contributed by atoms with Gasteiger partial charge in [0.1, 0.15) is 4.33 Å². The molecule has 2 heteroatoms. The monoisotopic (exact) mass is 224 g/mol. The minimum Gasteiger partial charge on any atom is -0.0959 e. The average Bonchev–Trinajstić information content (AvgIpc) is 2.18. The van der Waals surface area contributed by atoms with Gasteiger partial charge < -0.3 is 0 Å². The number of hydrogen-bond acceptors (Lipinski definition) is 0. The molecule has 0 heterocycles. The molecular weight excluding hydrogens is 215 g/mol. The molecule has 0 fully saturated rings. The molecule has 0 saturated carbocycles. The van der Waals surface area contributed by atoms with Crippen molar-refractivity contribution >= 4 is 28.8 Å². The summed E-state index contributed by atoms with van der Waals surface area (Å²) in [5.41, 5.74) is 2.06. The summed E-state index contributed by atoms with van der Waals surface area (Å²) in [5.74, 6) is 0. The van der Waals surface area contributed by atoms with Crippen LogP contribution in [-0.2, 0) is 0 Å². The van der Waals surface area contributed by atoms with E-state index in [1.165, 1.54) is 0 Å². The third-order valence-corrected chi connectivity index (χ3v) is 2.97. The van der Waals surface area contributed by atoms with Gasteiger partial charge in [0.15, 0.2) is 0 Å². The lowest BCUT2D eigenvalue weighted by Gasteiger charge is -2.24. The maximum Gasteiger partial charge on any atom is 0.147 e. The van der Waals surface area contributed by atoms with Gasteiger partial charge in [-0.2, -0.15) is 0 Å². The standard InChI is InChI=1S/C12H10Cl2/c13-12(14)9-5-4-8-11(12)10-6-2-1-3-7-10/h1-8H,9H2. The second-order valence-electron chi connectivity index (χ2n) is 3.28. The van der Waals surface area contributed by atoms with Crippen molar-refractivity contribution in [3.8, 4) is 0 Å². The highest BCUT2D eigenvalue weighted by Crippen LogP contribution is 2.42. The van der Waals surface area contributed by atoms with E-state index in [2.05, 4.69) is 0 Å². The number of halogens is 2. The van der Waals surface area contributed by atoms with Gasteiger partial charge in [0.2, 0.25) is 0 Å². The average molecular weight is 225 g/mol. The number of benzene rings is 1. The zero-order valence-electron chi connectivity index (χ0n) is 7.58. The Kier molecular flexibility index (Phi) is 2.66. The van der Waals surface area contributed by atoms with Crippen LogP contribution in [0, 0.1) is 0 Å². The Morgan fingerprint density at radius 1 is 1.07 bits per heavy atom. The molecule has 0 saturated heterocycles. The van der Waals surface area contributed by atoms with Crippen molar-refractivity contribution in [3.05, 3.63) is 54.1 Å². The Balaban J connectivity index is 2.43. The molecule has 0 aliphatic heterocycles. The number of rotatable bonds is 1. The first-order chi connectivity index (χ1) is 6.70. The second kappa shape index (κ2) is 3.80. The summed E-state index contributed by atoms with van der Waals surface area (Å²) in [5, 5.41) is 0. The number of allylic oxidation sites excluding steroid dienone is 4. The zero-order valence-corrected chi connectivity index (χ0v) is 9.09. The van der Waals surface area contributed by atoms with E-state index in [1.807, 2.05) is 48.6 Å². The van der Waals surface area contributed by atoms with Crippen molar-refractivity contribution < 1.29 is 0 Å². The smallest absolute Gasteiger partial charge is 0.0959 e. The van der Waals surface area contributed by atoms with Crippen LogP contribution >= 0.6 is 23.2 Å². The van der Waals surface area contributed by atoms with Gasteiger partial charge in [0.05, 0.1) is 0 Å². The van der Waals surface area contributed by atoms with Gasteiger partial charge in [-0.05, 0) is 11.1 Å². The Morgan fingerprint density at radius 3 is 2.43 bits per heavy atom. The molecule has 0 N–H and O–H groups in total. The summed E-state index contributed by atoms with van der Waals surface area (Å²) in [6.07, 6.45) is 6.60. The number of alkyl halides is 2. The minimum atomic E-state index is -0.782. The molecule has 1 aromatic rings. The Morgan fingerprint density at radius 2 is 1.79 bits per heavy atom. The molecule has 2 rings (SSSR count). The highest BCUT2D eigenvalue weighted by atomic mass is 35.5. The summed E-state index contributed by atoms with van der Waals surface area (Å²) < 4.78 is -0.782. The molecule has 0 bridgehead atoms. The molecule has 0 nitrogen and oxygen atoms in total. The van der Waals surface area contributed by atoms with Gasteiger partial charge in [0, 0.05) is 6.42 Å². The van der Waals surface area contributed by atoms with E-state index in [0.717, 1.165) is 11.1 Å². The maximum atomic E-state index is 6.22. The molecule has 0 radical (unpaired) electrons. The quantitative estimate of drug-likeness (QED) is 0.628. The van der Waals surface area contributed by atoms with Crippen LogP contribution in [0.2, 0.25) is 0 Å². The summed E-state index contributed by atoms with van der Waals surface area (Å²) >= 11 is 12.4. The van der Waals surface area contributed by atoms with Gasteiger partial charge >= 0.3 is 0 Å². The van der Waals surface area contributed by atoms with Gasteiger partial charge in [-0.15, -0.1) is 0 Å². The molecule has 14 heavy (non-hydrogen) atoms. The highest BCUT2D eigenvalue weighted by molar-refractivity contribution is 6.54. The van der Waals surface area contributed by atoms with E-state index in [-0.39, 0.29) is 0 Å². The topological polar surface area (TPSA) is 0 Å². The van der Waals surface area contributed by atoms with Crippen molar-refractivity contribution in [1.29, 1.82) is 0 Å². The molecule has 1 aliphatic carbocycles. The second-order valence-corrected chi connectivity index (χ2v) is 4.77. The predicted molar refractivity (Wildman–Crippen MR) is 62.6 cm³/mol. The van der Waals surface area contributed by atoms with Crippen molar-refractivity contribution in [1.82, 2.24) is 0 Å². The fourth-order valence-corrected chi connectivity index (χ4v) is 2.06. The molecule has 72 valence electrons. The SMILES string of the molecule is ClC1(Cl)CC=CC=C1c1ccccc1. The van der Waals surface area contributed by atoms with E-state index in [9.17, 15) is 0 Å². The lowest BCUT2D eigenvalue weighted by Crippen LogP contribution is -2.16. The Bertz CT molecular complexity index is 375. The van der Waals surface area contributed by atoms with E-state index >= 15 is 0 Å². The first-order valence-corrected chi connectivity index (χ1v) is 5.26. The van der Waals surface area contributed by atoms with Crippen LogP contribution in [0.5, 0.6) is 0 Å². The minimum absolute atomic E-state index is 0.664. The Hall–Kier alpha value is -0.720. The van der Waals surface area contributed by atoms with Crippen LogP contribution in [0.1, 0.15) is 12.0 Å². The van der Waals surface area contributed by atoms with Crippen molar-refractivity contribution in [3.63, 3.8) is 0 Å². The first kappa shape index (κ1) is 9.82. The van der Waals surface area contributed by atoms with Gasteiger partial charge in [-0.25, -0.2) is 0 Å². The van der Waals surface area contributed by atoms with Crippen LogP contribution in [0.3, 0.4) is 0 Å². The van der Waals surface area contributed by atoms with Crippen LogP contribution in [-0.4, -0.2) is 4.33 Å². The highest BCUT2D eigenvalue weighted by Gasteiger charge is 2.29. The maximum absolute atomic E-state index is 6.22. The molecule has 1 aromatic carbocycles. The molecule has 0 atom stereocenters. The van der Waals surface area contributed by atoms with Gasteiger partial charge in [-0.3, -0.25) is 0 Å². The van der Waals surface area contributed by atoms with Crippen molar-refractivity contribution in [2.45, 2.75) is 10.8 Å². The summed E-state index contributed by atoms with van der Waals surface area (Å²) in [6, 6.07) is 9.98. The summed E-state index contributed by atoms with van der Waals surface area (Å²) in [6.45, 7) is 0. The molecule has 0 unspecified atom stereocenters. The van der Waals surface area contributed by atoms with Crippen LogP contribution < -0.4 is 0 Å². The molecule has 0 spiro atoms. The Labute approximate surface area is 93.8 Å². The van der Waals surface area contributed by atoms with Crippen LogP contribution in [0.25, 0.3) is 5.57 Å².